The Balaban J connectivity index is 1.56. The first-order valence-electron chi connectivity index (χ1n) is 12.9. The minimum absolute atomic E-state index is 0.0455. The van der Waals surface area contributed by atoms with Crippen LogP contribution in [0.1, 0.15) is 28.8 Å². The number of carbonyl (C=O) groups is 3. The summed E-state index contributed by atoms with van der Waals surface area (Å²) >= 11 is 0. The lowest BCUT2D eigenvalue weighted by molar-refractivity contribution is -0.162. The third-order valence-corrected chi connectivity index (χ3v) is 8.81. The predicted molar refractivity (Wildman–Crippen MR) is 141 cm³/mol. The molecule has 0 saturated carbocycles. The molecule has 214 valence electrons. The Labute approximate surface area is 233 Å². The van der Waals surface area contributed by atoms with Gasteiger partial charge in [0, 0.05) is 17.1 Å². The molecule has 3 aliphatic carbocycles. The van der Waals surface area contributed by atoms with Gasteiger partial charge in [-0.05, 0) is 43.3 Å². The number of nitrogens with zero attached hydrogens (tertiary/aromatic N) is 1. The summed E-state index contributed by atoms with van der Waals surface area (Å²) in [4.78, 5) is 41.1. The number of Topliss-reactive ketones (excluding diaryl/α,β-unsaturated/α-hetero) is 2. The lowest BCUT2D eigenvalue weighted by Crippen LogP contribution is -2.68. The Bertz CT molecular complexity index is 1630. The van der Waals surface area contributed by atoms with Crippen molar-refractivity contribution < 1.29 is 49.4 Å². The van der Waals surface area contributed by atoms with Crippen molar-refractivity contribution in [3.05, 3.63) is 64.1 Å². The van der Waals surface area contributed by atoms with Gasteiger partial charge in [-0.1, -0.05) is 25.1 Å². The van der Waals surface area contributed by atoms with Crippen LogP contribution in [-0.2, 0) is 9.59 Å². The van der Waals surface area contributed by atoms with Gasteiger partial charge in [0.1, 0.15) is 22.8 Å². The molecule has 0 saturated heterocycles. The van der Waals surface area contributed by atoms with E-state index in [1.165, 1.54) is 19.0 Å². The van der Waals surface area contributed by atoms with Crippen LogP contribution in [0.15, 0.2) is 53.0 Å². The zero-order valence-corrected chi connectivity index (χ0v) is 22.3. The number of aliphatic hydroxyl groups excluding tert-OH is 3. The highest BCUT2D eigenvalue weighted by Gasteiger charge is 2.67. The molecular weight excluding hydrogens is 536 g/mol. The van der Waals surface area contributed by atoms with Gasteiger partial charge < -0.3 is 40.7 Å². The standard InChI is InChI=1S/C29H28N2O10/c1-10-12-5-6-13(11-4-7-14-15(8-11)41-9-40-14)22(32)17(12)23(33)18-16(10)24(34)20-21(31(2)3)25(35)19(28(30)38)27(37)29(20,39)26(18)36/h4-8,10,16,20-21,24,32,34-36,39H,9H2,1-3H3,(H2,30,38)/t10-,16+,20-,21-,24+,29-/m0/s1. The zero-order valence-electron chi connectivity index (χ0n) is 22.3. The second-order valence-electron chi connectivity index (χ2n) is 11.0. The summed E-state index contributed by atoms with van der Waals surface area (Å²) in [6.45, 7) is 1.72. The van der Waals surface area contributed by atoms with Crippen LogP contribution in [0.5, 0.6) is 17.2 Å². The van der Waals surface area contributed by atoms with Gasteiger partial charge in [-0.25, -0.2) is 0 Å². The van der Waals surface area contributed by atoms with E-state index >= 15 is 0 Å². The number of ether oxygens (including phenoxy) is 2. The molecule has 0 fully saturated rings. The van der Waals surface area contributed by atoms with Crippen LogP contribution in [0.4, 0.5) is 0 Å². The number of phenolic OH excluding ortho intramolecular Hbond substituents is 1. The molecule has 12 heteroatoms. The summed E-state index contributed by atoms with van der Waals surface area (Å²) in [5, 5.41) is 57.3. The molecule has 6 rings (SSSR count). The highest BCUT2D eigenvalue weighted by molar-refractivity contribution is 6.25. The molecule has 4 aliphatic rings. The molecule has 1 amide bonds. The third kappa shape index (κ3) is 3.35. The molecule has 2 aromatic rings. The van der Waals surface area contributed by atoms with E-state index in [0.29, 0.717) is 22.6 Å². The van der Waals surface area contributed by atoms with Gasteiger partial charge in [0.2, 0.25) is 12.6 Å². The van der Waals surface area contributed by atoms with Crippen molar-refractivity contribution in [2.75, 3.05) is 20.9 Å². The monoisotopic (exact) mass is 564 g/mol. The van der Waals surface area contributed by atoms with Crippen LogP contribution < -0.4 is 15.2 Å². The van der Waals surface area contributed by atoms with Crippen LogP contribution in [0, 0.1) is 11.8 Å². The van der Waals surface area contributed by atoms with Gasteiger partial charge in [0.15, 0.2) is 22.9 Å². The Kier molecular flexibility index (Phi) is 5.76. The first kappa shape index (κ1) is 26.8. The largest absolute Gasteiger partial charge is 0.510 e. The molecule has 0 aromatic heterocycles. The number of hydrogen-bond donors (Lipinski definition) is 6. The van der Waals surface area contributed by atoms with Gasteiger partial charge in [-0.15, -0.1) is 0 Å². The minimum Gasteiger partial charge on any atom is -0.510 e. The number of nitrogens with two attached hydrogens (primary N) is 1. The number of aromatic hydroxyl groups is 1. The van der Waals surface area contributed by atoms with E-state index in [0.717, 1.165) is 0 Å². The Hall–Kier alpha value is -4.39. The van der Waals surface area contributed by atoms with Gasteiger partial charge in [-0.2, -0.15) is 0 Å². The maximum Gasteiger partial charge on any atom is 0.255 e. The van der Waals surface area contributed by atoms with E-state index in [1.54, 1.807) is 37.3 Å². The third-order valence-electron chi connectivity index (χ3n) is 8.81. The molecular formula is C29H28N2O10. The number of primary amides is 1. The van der Waals surface area contributed by atoms with Crippen LogP contribution in [0.3, 0.4) is 0 Å². The number of rotatable bonds is 3. The van der Waals surface area contributed by atoms with Gasteiger partial charge >= 0.3 is 0 Å². The summed E-state index contributed by atoms with van der Waals surface area (Å²) in [6.07, 6.45) is -1.65. The number of carbonyl (C=O) groups excluding carboxylic acids is 3. The van der Waals surface area contributed by atoms with Crippen LogP contribution in [0.2, 0.25) is 0 Å². The van der Waals surface area contributed by atoms with Crippen molar-refractivity contribution in [3.8, 4) is 28.4 Å². The van der Waals surface area contributed by atoms with E-state index in [4.69, 9.17) is 15.2 Å². The minimum atomic E-state index is -2.96. The topological polar surface area (TPSA) is 200 Å². The number of hydrogen-bond acceptors (Lipinski definition) is 11. The molecule has 12 nitrogen and oxygen atoms in total. The van der Waals surface area contributed by atoms with Crippen molar-refractivity contribution in [1.82, 2.24) is 4.90 Å². The summed E-state index contributed by atoms with van der Waals surface area (Å²) in [6, 6.07) is 6.92. The molecule has 1 heterocycles. The maximum absolute atomic E-state index is 14.0. The number of ketones is 2. The highest BCUT2D eigenvalue weighted by Crippen LogP contribution is 2.56. The Morgan fingerprint density at radius 3 is 2.41 bits per heavy atom. The molecule has 7 N–H and O–H groups in total. The average molecular weight is 565 g/mol. The number of amides is 1. The SMILES string of the molecule is C[C@H]1c2ccc(-c3ccc4c(c3)OCO4)c(O)c2C(=O)C2=C(O)[C@]3(O)C(=O)C(C(N)=O)=C(O)[C@@H](N(C)C)[C@H]3[C@H](O)[C@@H]21. The number of likely N-dealkylation sites (N-methyl/N-ethyl adjacent to an activating group) is 1. The predicted octanol–water partition coefficient (Wildman–Crippen LogP) is 1.05. The average Bonchev–Trinajstić information content (AvgIpc) is 3.38. The van der Waals surface area contributed by atoms with Gasteiger partial charge in [0.25, 0.3) is 5.91 Å². The molecule has 0 bridgehead atoms. The smallest absolute Gasteiger partial charge is 0.255 e. The van der Waals surface area contributed by atoms with Gasteiger partial charge in [-0.3, -0.25) is 19.3 Å². The summed E-state index contributed by atoms with van der Waals surface area (Å²) in [5.74, 6) is -8.31. The fourth-order valence-corrected chi connectivity index (χ4v) is 6.92. The van der Waals surface area contributed by atoms with Gasteiger partial charge in [0.05, 0.1) is 23.6 Å². The fourth-order valence-electron chi connectivity index (χ4n) is 6.92. The van der Waals surface area contributed by atoms with Crippen molar-refractivity contribution >= 4 is 17.5 Å². The lowest BCUT2D eigenvalue weighted by atomic mass is 9.55. The van der Waals surface area contributed by atoms with Crippen molar-refractivity contribution in [2.45, 2.75) is 30.6 Å². The zero-order chi connectivity index (χ0) is 29.7. The second kappa shape index (κ2) is 8.80. The quantitative estimate of drug-likeness (QED) is 0.291. The molecule has 6 atom stereocenters. The van der Waals surface area contributed by atoms with Crippen molar-refractivity contribution in [3.63, 3.8) is 0 Å². The molecule has 1 aliphatic heterocycles. The number of benzene rings is 2. The fraction of sp³-hybridized carbons (Fsp3) is 0.345. The van der Waals surface area contributed by atoms with E-state index in [1.807, 2.05) is 0 Å². The molecule has 41 heavy (non-hydrogen) atoms. The summed E-state index contributed by atoms with van der Waals surface area (Å²) in [5.41, 5.74) is 1.99. The molecule has 0 spiro atoms. The van der Waals surface area contributed by atoms with Crippen LogP contribution >= 0.6 is 0 Å². The lowest BCUT2D eigenvalue weighted by Gasteiger charge is -2.53. The van der Waals surface area contributed by atoms with Crippen molar-refractivity contribution in [1.29, 1.82) is 0 Å². The van der Waals surface area contributed by atoms with E-state index in [9.17, 15) is 39.9 Å². The number of aliphatic hydroxyl groups is 4. The Morgan fingerprint density at radius 1 is 1.07 bits per heavy atom. The van der Waals surface area contributed by atoms with E-state index in [-0.39, 0.29) is 17.9 Å². The maximum atomic E-state index is 14.0. The summed E-state index contributed by atoms with van der Waals surface area (Å²) < 4.78 is 10.8. The van der Waals surface area contributed by atoms with Crippen LogP contribution in [0.25, 0.3) is 11.1 Å². The summed E-state index contributed by atoms with van der Waals surface area (Å²) in [7, 11) is 2.97. The molecule has 2 aromatic carbocycles. The first-order chi connectivity index (χ1) is 19.3. The van der Waals surface area contributed by atoms with E-state index < -0.39 is 81.4 Å². The molecule has 0 unspecified atom stereocenters. The van der Waals surface area contributed by atoms with Crippen LogP contribution in [-0.4, -0.2) is 86.5 Å². The number of fused-ring (bicyclic) bond motifs is 4. The highest BCUT2D eigenvalue weighted by atomic mass is 16.7. The normalized spacial score (nSPS) is 30.3. The van der Waals surface area contributed by atoms with Crippen molar-refractivity contribution in [2.24, 2.45) is 17.6 Å². The van der Waals surface area contributed by atoms with E-state index in [2.05, 4.69) is 0 Å². The second-order valence-corrected chi connectivity index (χ2v) is 11.0. The number of phenols is 1. The molecule has 0 radical (unpaired) electrons. The Morgan fingerprint density at radius 2 is 1.76 bits per heavy atom. The first-order valence-corrected chi connectivity index (χ1v) is 12.9.